The summed E-state index contributed by atoms with van der Waals surface area (Å²) in [5, 5.41) is 6.67. The second kappa shape index (κ2) is 7.05. The molecule has 0 spiro atoms. The molecule has 23 heavy (non-hydrogen) atoms. The highest BCUT2D eigenvalue weighted by Crippen LogP contribution is 2.47. The van der Waals surface area contributed by atoms with Crippen LogP contribution >= 0.6 is 11.6 Å². The van der Waals surface area contributed by atoms with Crippen LogP contribution in [0, 0.1) is 0 Å². The highest BCUT2D eigenvalue weighted by molar-refractivity contribution is 6.30. The largest absolute Gasteiger partial charge is 0.338 e. The van der Waals surface area contributed by atoms with Gasteiger partial charge in [-0.2, -0.15) is 0 Å². The lowest BCUT2D eigenvalue weighted by Gasteiger charge is -2.17. The number of hydrogen-bond acceptors (Lipinski definition) is 1. The molecule has 2 aromatic rings. The van der Waals surface area contributed by atoms with E-state index >= 15 is 0 Å². The molecular formula is C19H21ClN2O. The zero-order valence-electron chi connectivity index (χ0n) is 13.0. The smallest absolute Gasteiger partial charge is 0.314 e. The summed E-state index contributed by atoms with van der Waals surface area (Å²) in [6, 6.07) is 18.0. The minimum Gasteiger partial charge on any atom is -0.338 e. The topological polar surface area (TPSA) is 41.1 Å². The maximum absolute atomic E-state index is 11.9. The van der Waals surface area contributed by atoms with Gasteiger partial charge >= 0.3 is 6.03 Å². The van der Waals surface area contributed by atoms with E-state index in [-0.39, 0.29) is 11.4 Å². The van der Waals surface area contributed by atoms with Crippen molar-refractivity contribution in [2.75, 3.05) is 13.1 Å². The lowest BCUT2D eigenvalue weighted by Crippen LogP contribution is -2.40. The maximum Gasteiger partial charge on any atom is 0.314 e. The molecule has 0 heterocycles. The van der Waals surface area contributed by atoms with Crippen molar-refractivity contribution in [3.63, 3.8) is 0 Å². The predicted molar refractivity (Wildman–Crippen MR) is 93.9 cm³/mol. The Balaban J connectivity index is 1.43. The number of urea groups is 1. The first-order chi connectivity index (χ1) is 11.2. The summed E-state index contributed by atoms with van der Waals surface area (Å²) in [7, 11) is 0. The highest BCUT2D eigenvalue weighted by atomic mass is 35.5. The number of benzene rings is 2. The van der Waals surface area contributed by atoms with Gasteiger partial charge in [0.15, 0.2) is 0 Å². The van der Waals surface area contributed by atoms with Gasteiger partial charge < -0.3 is 10.6 Å². The number of carbonyl (C=O) groups is 1. The Morgan fingerprint density at radius 3 is 2.35 bits per heavy atom. The van der Waals surface area contributed by atoms with E-state index in [2.05, 4.69) is 34.9 Å². The van der Waals surface area contributed by atoms with Crippen LogP contribution in [0.1, 0.15) is 24.0 Å². The Bertz CT molecular complexity index is 651. The number of nitrogens with one attached hydrogen (secondary N) is 2. The van der Waals surface area contributed by atoms with Crippen LogP contribution < -0.4 is 10.6 Å². The Labute approximate surface area is 142 Å². The molecule has 0 atom stereocenters. The average molecular weight is 329 g/mol. The summed E-state index contributed by atoms with van der Waals surface area (Å²) in [5.41, 5.74) is 2.58. The fourth-order valence-electron chi connectivity index (χ4n) is 2.80. The Hall–Kier alpha value is -2.00. The van der Waals surface area contributed by atoms with Crippen molar-refractivity contribution in [2.45, 2.75) is 24.7 Å². The van der Waals surface area contributed by atoms with Crippen LogP contribution in [-0.2, 0) is 11.8 Å². The van der Waals surface area contributed by atoms with Crippen molar-refractivity contribution in [3.8, 4) is 0 Å². The molecule has 0 unspecified atom stereocenters. The third-order valence-corrected chi connectivity index (χ3v) is 4.69. The molecule has 0 radical (unpaired) electrons. The van der Waals surface area contributed by atoms with E-state index in [9.17, 15) is 4.79 Å². The first kappa shape index (κ1) is 15.9. The third kappa shape index (κ3) is 4.26. The van der Waals surface area contributed by atoms with Crippen LogP contribution in [0.25, 0.3) is 0 Å². The molecule has 1 fully saturated rings. The van der Waals surface area contributed by atoms with Crippen molar-refractivity contribution < 1.29 is 4.79 Å². The van der Waals surface area contributed by atoms with Gasteiger partial charge in [0.25, 0.3) is 0 Å². The molecule has 1 aliphatic rings. The summed E-state index contributed by atoms with van der Waals surface area (Å²) < 4.78 is 0. The number of amides is 2. The number of halogens is 1. The van der Waals surface area contributed by atoms with Gasteiger partial charge in [-0.05, 0) is 42.5 Å². The SMILES string of the molecule is O=C(NCCc1ccccc1)NCC1(c2ccc(Cl)cc2)CC1. The van der Waals surface area contributed by atoms with Gasteiger partial charge in [-0.15, -0.1) is 0 Å². The van der Waals surface area contributed by atoms with Crippen LogP contribution in [0.15, 0.2) is 54.6 Å². The van der Waals surface area contributed by atoms with E-state index in [4.69, 9.17) is 11.6 Å². The molecule has 2 N–H and O–H groups in total. The van der Waals surface area contributed by atoms with Crippen LogP contribution in [0.4, 0.5) is 4.79 Å². The molecule has 4 heteroatoms. The van der Waals surface area contributed by atoms with E-state index in [0.717, 1.165) is 24.3 Å². The van der Waals surface area contributed by atoms with Crippen LogP contribution in [0.2, 0.25) is 5.02 Å². The molecule has 0 saturated heterocycles. The van der Waals surface area contributed by atoms with Crippen LogP contribution in [0.5, 0.6) is 0 Å². The summed E-state index contributed by atoms with van der Waals surface area (Å²) in [6.45, 7) is 1.32. The van der Waals surface area contributed by atoms with Crippen molar-refractivity contribution in [1.29, 1.82) is 0 Å². The molecule has 0 aliphatic heterocycles. The van der Waals surface area contributed by atoms with Gasteiger partial charge in [-0.3, -0.25) is 0 Å². The third-order valence-electron chi connectivity index (χ3n) is 4.44. The van der Waals surface area contributed by atoms with Gasteiger partial charge in [-0.25, -0.2) is 4.79 Å². The number of rotatable bonds is 6. The number of carbonyl (C=O) groups excluding carboxylic acids is 1. The zero-order chi connectivity index (χ0) is 16.1. The second-order valence-corrected chi connectivity index (χ2v) is 6.57. The first-order valence-electron chi connectivity index (χ1n) is 8.00. The highest BCUT2D eigenvalue weighted by Gasteiger charge is 2.44. The van der Waals surface area contributed by atoms with Gasteiger partial charge in [0.1, 0.15) is 0 Å². The lowest BCUT2D eigenvalue weighted by atomic mass is 9.96. The average Bonchev–Trinajstić information content (AvgIpc) is 3.36. The summed E-state index contributed by atoms with van der Waals surface area (Å²) >= 11 is 5.94. The molecule has 2 aromatic carbocycles. The quantitative estimate of drug-likeness (QED) is 0.829. The first-order valence-corrected chi connectivity index (χ1v) is 8.37. The van der Waals surface area contributed by atoms with Gasteiger partial charge in [-0.1, -0.05) is 54.1 Å². The normalized spacial score (nSPS) is 15.0. The lowest BCUT2D eigenvalue weighted by molar-refractivity contribution is 0.240. The molecular weight excluding hydrogens is 308 g/mol. The van der Waals surface area contributed by atoms with Crippen molar-refractivity contribution in [2.24, 2.45) is 0 Å². The monoisotopic (exact) mass is 328 g/mol. The van der Waals surface area contributed by atoms with Crippen molar-refractivity contribution in [3.05, 3.63) is 70.7 Å². The van der Waals surface area contributed by atoms with E-state index < -0.39 is 0 Å². The Kier molecular flexibility index (Phi) is 4.87. The van der Waals surface area contributed by atoms with E-state index in [1.807, 2.05) is 30.3 Å². The van der Waals surface area contributed by atoms with Gasteiger partial charge in [0.05, 0.1) is 0 Å². The van der Waals surface area contributed by atoms with Gasteiger partial charge in [0.2, 0.25) is 0 Å². The molecule has 3 rings (SSSR count). The predicted octanol–water partition coefficient (Wildman–Crippen LogP) is 3.91. The summed E-state index contributed by atoms with van der Waals surface area (Å²) in [4.78, 5) is 11.9. The molecule has 120 valence electrons. The maximum atomic E-state index is 11.9. The summed E-state index contributed by atoms with van der Waals surface area (Å²) in [5.74, 6) is 0. The number of hydrogen-bond donors (Lipinski definition) is 2. The Morgan fingerprint density at radius 2 is 1.70 bits per heavy atom. The fraction of sp³-hybridized carbons (Fsp3) is 0.316. The Morgan fingerprint density at radius 1 is 1.00 bits per heavy atom. The van der Waals surface area contributed by atoms with Crippen molar-refractivity contribution in [1.82, 2.24) is 10.6 Å². The minimum absolute atomic E-state index is 0.0961. The van der Waals surface area contributed by atoms with Crippen LogP contribution in [0.3, 0.4) is 0 Å². The molecule has 0 aromatic heterocycles. The second-order valence-electron chi connectivity index (χ2n) is 6.13. The van der Waals surface area contributed by atoms with E-state index in [0.29, 0.717) is 13.1 Å². The molecule has 2 amide bonds. The van der Waals surface area contributed by atoms with E-state index in [1.165, 1.54) is 11.1 Å². The minimum atomic E-state index is -0.0961. The standard InChI is InChI=1S/C19H21ClN2O/c20-17-8-6-16(7-9-17)19(11-12-19)14-22-18(23)21-13-10-15-4-2-1-3-5-15/h1-9H,10-14H2,(H2,21,22,23). The molecule has 3 nitrogen and oxygen atoms in total. The van der Waals surface area contributed by atoms with Crippen molar-refractivity contribution >= 4 is 17.6 Å². The van der Waals surface area contributed by atoms with Crippen LogP contribution in [-0.4, -0.2) is 19.1 Å². The summed E-state index contributed by atoms with van der Waals surface area (Å²) in [6.07, 6.45) is 3.06. The fourth-order valence-corrected chi connectivity index (χ4v) is 2.92. The zero-order valence-corrected chi connectivity index (χ0v) is 13.8. The molecule has 0 bridgehead atoms. The van der Waals surface area contributed by atoms with E-state index in [1.54, 1.807) is 0 Å². The molecule has 1 aliphatic carbocycles. The van der Waals surface area contributed by atoms with Gasteiger partial charge in [0, 0.05) is 23.5 Å². The molecule has 1 saturated carbocycles.